The summed E-state index contributed by atoms with van der Waals surface area (Å²) >= 11 is 5.72. The van der Waals surface area contributed by atoms with E-state index in [0.717, 1.165) is 12.1 Å². The van der Waals surface area contributed by atoms with E-state index < -0.39 is 16.6 Å². The van der Waals surface area contributed by atoms with Gasteiger partial charge in [0.1, 0.15) is 17.4 Å². The molecule has 0 saturated carbocycles. The van der Waals surface area contributed by atoms with E-state index in [9.17, 15) is 18.9 Å². The Morgan fingerprint density at radius 3 is 2.50 bits per heavy atom. The van der Waals surface area contributed by atoms with Gasteiger partial charge < -0.3 is 4.74 Å². The number of rotatable bonds is 4. The normalized spacial score (nSPS) is 10.3. The molecule has 0 atom stereocenters. The number of hydrogen-bond acceptors (Lipinski definition) is 3. The molecule has 104 valence electrons. The van der Waals surface area contributed by atoms with Crippen molar-refractivity contribution >= 4 is 17.3 Å². The molecule has 0 aromatic heterocycles. The smallest absolute Gasteiger partial charge is 0.288 e. The Labute approximate surface area is 117 Å². The minimum Gasteiger partial charge on any atom is -0.489 e. The third kappa shape index (κ3) is 3.21. The fraction of sp³-hybridized carbons (Fsp3) is 0.0769. The Hall–Kier alpha value is -2.21. The number of hydrogen-bond donors (Lipinski definition) is 0. The third-order valence-corrected chi connectivity index (χ3v) is 2.81. The van der Waals surface area contributed by atoms with E-state index in [0.29, 0.717) is 11.3 Å². The number of ether oxygens (including phenoxy) is 1. The summed E-state index contributed by atoms with van der Waals surface area (Å²) in [5.41, 5.74) is 0.199. The molecule has 2 aromatic rings. The fourth-order valence-corrected chi connectivity index (χ4v) is 1.76. The van der Waals surface area contributed by atoms with Crippen molar-refractivity contribution in [2.75, 3.05) is 0 Å². The first-order valence-electron chi connectivity index (χ1n) is 5.48. The SMILES string of the molecule is O=[N+]([O-])c1ccc(OCc2ccc(F)c(F)c2)cc1Cl. The van der Waals surface area contributed by atoms with Crippen LogP contribution in [0, 0.1) is 21.7 Å². The van der Waals surface area contributed by atoms with Gasteiger partial charge in [-0.25, -0.2) is 8.78 Å². The highest BCUT2D eigenvalue weighted by Crippen LogP contribution is 2.28. The highest BCUT2D eigenvalue weighted by Gasteiger charge is 2.12. The molecule has 0 fully saturated rings. The predicted octanol–water partition coefficient (Wildman–Crippen LogP) is 4.11. The van der Waals surface area contributed by atoms with Gasteiger partial charge in [-0.1, -0.05) is 17.7 Å². The molecule has 0 unspecified atom stereocenters. The first kappa shape index (κ1) is 14.2. The zero-order valence-electron chi connectivity index (χ0n) is 9.98. The van der Waals surface area contributed by atoms with Crippen molar-refractivity contribution in [3.8, 4) is 5.75 Å². The number of nitro groups is 1. The van der Waals surface area contributed by atoms with Gasteiger partial charge in [0.15, 0.2) is 11.6 Å². The van der Waals surface area contributed by atoms with Crippen molar-refractivity contribution in [1.29, 1.82) is 0 Å². The zero-order chi connectivity index (χ0) is 14.7. The zero-order valence-corrected chi connectivity index (χ0v) is 10.7. The molecule has 7 heteroatoms. The Morgan fingerprint density at radius 2 is 1.90 bits per heavy atom. The van der Waals surface area contributed by atoms with Crippen molar-refractivity contribution < 1.29 is 18.4 Å². The maximum absolute atomic E-state index is 13.0. The lowest BCUT2D eigenvalue weighted by Gasteiger charge is -2.07. The van der Waals surface area contributed by atoms with Crippen LogP contribution in [0.25, 0.3) is 0 Å². The average Bonchev–Trinajstić information content (AvgIpc) is 2.40. The summed E-state index contributed by atoms with van der Waals surface area (Å²) in [7, 11) is 0. The number of nitrogens with zero attached hydrogens (tertiary/aromatic N) is 1. The largest absolute Gasteiger partial charge is 0.489 e. The summed E-state index contributed by atoms with van der Waals surface area (Å²) in [4.78, 5) is 9.98. The highest BCUT2D eigenvalue weighted by atomic mass is 35.5. The van der Waals surface area contributed by atoms with Crippen LogP contribution in [-0.2, 0) is 6.61 Å². The van der Waals surface area contributed by atoms with Gasteiger partial charge >= 0.3 is 0 Å². The molecular formula is C13H8ClF2NO3. The predicted molar refractivity (Wildman–Crippen MR) is 68.8 cm³/mol. The van der Waals surface area contributed by atoms with Crippen LogP contribution in [0.3, 0.4) is 0 Å². The molecule has 2 aromatic carbocycles. The molecule has 0 radical (unpaired) electrons. The summed E-state index contributed by atoms with van der Waals surface area (Å²) in [6.45, 7) is -0.00859. The molecule has 0 N–H and O–H groups in total. The van der Waals surface area contributed by atoms with E-state index in [1.807, 2.05) is 0 Å². The van der Waals surface area contributed by atoms with Gasteiger partial charge in [0.25, 0.3) is 5.69 Å². The number of nitro benzene ring substituents is 1. The molecule has 4 nitrogen and oxygen atoms in total. The lowest BCUT2D eigenvalue weighted by Crippen LogP contribution is -1.98. The summed E-state index contributed by atoms with van der Waals surface area (Å²) in [6, 6.07) is 7.27. The van der Waals surface area contributed by atoms with E-state index >= 15 is 0 Å². The Bertz CT molecular complexity index is 664. The van der Waals surface area contributed by atoms with Crippen LogP contribution < -0.4 is 4.74 Å². The molecule has 0 saturated heterocycles. The van der Waals surface area contributed by atoms with Crippen LogP contribution >= 0.6 is 11.6 Å². The van der Waals surface area contributed by atoms with Crippen molar-refractivity contribution in [2.24, 2.45) is 0 Å². The van der Waals surface area contributed by atoms with Crippen molar-refractivity contribution in [1.82, 2.24) is 0 Å². The standard InChI is InChI=1S/C13H8ClF2NO3/c14-10-6-9(2-4-13(10)17(18)19)20-7-8-1-3-11(15)12(16)5-8/h1-6H,7H2. The fourth-order valence-electron chi connectivity index (χ4n) is 1.52. The summed E-state index contributed by atoms with van der Waals surface area (Å²) in [5.74, 6) is -1.61. The average molecular weight is 300 g/mol. The van der Waals surface area contributed by atoms with Crippen LogP contribution in [0.1, 0.15) is 5.56 Å². The van der Waals surface area contributed by atoms with E-state index in [-0.39, 0.29) is 17.3 Å². The second-order valence-corrected chi connectivity index (χ2v) is 4.31. The summed E-state index contributed by atoms with van der Waals surface area (Å²) in [5, 5.41) is 10.5. The van der Waals surface area contributed by atoms with E-state index in [2.05, 4.69) is 0 Å². The quantitative estimate of drug-likeness (QED) is 0.630. The van der Waals surface area contributed by atoms with E-state index in [1.165, 1.54) is 24.3 Å². The van der Waals surface area contributed by atoms with Crippen LogP contribution in [0.4, 0.5) is 14.5 Å². The molecule has 20 heavy (non-hydrogen) atoms. The first-order chi connectivity index (χ1) is 9.47. The Morgan fingerprint density at radius 1 is 1.15 bits per heavy atom. The molecule has 0 bridgehead atoms. The van der Waals surface area contributed by atoms with Crippen molar-refractivity contribution in [3.05, 3.63) is 68.7 Å². The maximum atomic E-state index is 13.0. The third-order valence-electron chi connectivity index (χ3n) is 2.51. The van der Waals surface area contributed by atoms with Gasteiger partial charge in [0, 0.05) is 12.1 Å². The van der Waals surface area contributed by atoms with Crippen molar-refractivity contribution in [3.63, 3.8) is 0 Å². The van der Waals surface area contributed by atoms with Crippen LogP contribution in [0.15, 0.2) is 36.4 Å². The topological polar surface area (TPSA) is 52.4 Å². The molecule has 0 aliphatic heterocycles. The molecular weight excluding hydrogens is 292 g/mol. The Balaban J connectivity index is 2.09. The number of benzene rings is 2. The van der Waals surface area contributed by atoms with Crippen molar-refractivity contribution in [2.45, 2.75) is 6.61 Å². The maximum Gasteiger partial charge on any atom is 0.288 e. The lowest BCUT2D eigenvalue weighted by atomic mass is 10.2. The van der Waals surface area contributed by atoms with E-state index in [1.54, 1.807) is 0 Å². The minimum absolute atomic E-state index is 0.00859. The van der Waals surface area contributed by atoms with Gasteiger partial charge in [-0.2, -0.15) is 0 Å². The molecule has 0 spiro atoms. The number of halogens is 3. The summed E-state index contributed by atoms with van der Waals surface area (Å²) in [6.07, 6.45) is 0. The highest BCUT2D eigenvalue weighted by molar-refractivity contribution is 6.32. The van der Waals surface area contributed by atoms with Crippen LogP contribution in [0.2, 0.25) is 5.02 Å². The van der Waals surface area contributed by atoms with Crippen LogP contribution in [-0.4, -0.2) is 4.92 Å². The van der Waals surface area contributed by atoms with Gasteiger partial charge in [0.2, 0.25) is 0 Å². The van der Waals surface area contributed by atoms with Gasteiger partial charge in [-0.05, 0) is 23.8 Å². The van der Waals surface area contributed by atoms with Gasteiger partial charge in [-0.15, -0.1) is 0 Å². The molecule has 0 amide bonds. The van der Waals surface area contributed by atoms with E-state index in [4.69, 9.17) is 16.3 Å². The second-order valence-electron chi connectivity index (χ2n) is 3.91. The molecule has 0 heterocycles. The molecule has 0 aliphatic rings. The molecule has 2 rings (SSSR count). The lowest BCUT2D eigenvalue weighted by molar-refractivity contribution is -0.384. The monoisotopic (exact) mass is 299 g/mol. The Kier molecular flexibility index (Phi) is 4.14. The molecule has 0 aliphatic carbocycles. The van der Waals surface area contributed by atoms with Gasteiger partial charge in [-0.3, -0.25) is 10.1 Å². The second kappa shape index (κ2) is 5.83. The first-order valence-corrected chi connectivity index (χ1v) is 5.86. The van der Waals surface area contributed by atoms with Gasteiger partial charge in [0.05, 0.1) is 4.92 Å². The summed E-state index contributed by atoms with van der Waals surface area (Å²) < 4.78 is 31.0. The minimum atomic E-state index is -0.965. The van der Waals surface area contributed by atoms with Crippen LogP contribution in [0.5, 0.6) is 5.75 Å².